The van der Waals surface area contributed by atoms with Crippen molar-refractivity contribution in [3.05, 3.63) is 69.1 Å². The zero-order valence-corrected chi connectivity index (χ0v) is 14.2. The topological polar surface area (TPSA) is 56.4 Å². The van der Waals surface area contributed by atoms with Crippen molar-refractivity contribution in [3.8, 4) is 0 Å². The van der Waals surface area contributed by atoms with Crippen LogP contribution in [0.3, 0.4) is 0 Å². The molecule has 3 rings (SSSR count). The van der Waals surface area contributed by atoms with Gasteiger partial charge in [0.25, 0.3) is 5.91 Å². The molecule has 5 heteroatoms. The molecule has 2 heterocycles. The Labute approximate surface area is 141 Å². The Balaban J connectivity index is 1.58. The number of rotatable bonds is 3. The summed E-state index contributed by atoms with van der Waals surface area (Å²) in [6, 6.07) is 9.30. The molecule has 0 unspecified atom stereocenters. The van der Waals surface area contributed by atoms with Crippen LogP contribution in [0.15, 0.2) is 41.3 Å². The van der Waals surface area contributed by atoms with E-state index < -0.39 is 0 Å². The number of nitrogens with one attached hydrogen (secondary N) is 1. The summed E-state index contributed by atoms with van der Waals surface area (Å²) in [7, 11) is 0. The summed E-state index contributed by atoms with van der Waals surface area (Å²) in [6.07, 6.45) is 1.76. The van der Waals surface area contributed by atoms with Crippen LogP contribution in [0.4, 0.5) is 0 Å². The van der Waals surface area contributed by atoms with Gasteiger partial charge in [-0.2, -0.15) is 0 Å². The third-order valence-corrected chi connectivity index (χ3v) is 4.67. The van der Waals surface area contributed by atoms with E-state index in [1.54, 1.807) is 12.3 Å². The van der Waals surface area contributed by atoms with Crippen LogP contribution in [-0.4, -0.2) is 46.9 Å². The quantitative estimate of drug-likeness (QED) is 0.938. The molecule has 24 heavy (non-hydrogen) atoms. The van der Waals surface area contributed by atoms with E-state index in [1.165, 1.54) is 5.56 Å². The molecule has 0 bridgehead atoms. The molecule has 0 radical (unpaired) electrons. The number of piperazine rings is 1. The Kier molecular flexibility index (Phi) is 4.81. The molecule has 1 aromatic heterocycles. The van der Waals surface area contributed by atoms with Crippen molar-refractivity contribution in [3.63, 3.8) is 0 Å². The van der Waals surface area contributed by atoms with Gasteiger partial charge in [0, 0.05) is 50.6 Å². The molecular formula is C19H23N3O2. The molecule has 126 valence electrons. The van der Waals surface area contributed by atoms with Gasteiger partial charge in [-0.05, 0) is 42.7 Å². The van der Waals surface area contributed by atoms with Crippen molar-refractivity contribution in [2.45, 2.75) is 20.4 Å². The number of aromatic amines is 1. The van der Waals surface area contributed by atoms with E-state index in [1.807, 2.05) is 36.1 Å². The lowest BCUT2D eigenvalue weighted by Gasteiger charge is -2.34. The highest BCUT2D eigenvalue weighted by Crippen LogP contribution is 2.14. The Bertz CT molecular complexity index is 769. The monoisotopic (exact) mass is 325 g/mol. The van der Waals surface area contributed by atoms with Gasteiger partial charge in [-0.3, -0.25) is 14.5 Å². The Morgan fingerprint density at radius 3 is 2.42 bits per heavy atom. The summed E-state index contributed by atoms with van der Waals surface area (Å²) in [5, 5.41) is 0. The summed E-state index contributed by atoms with van der Waals surface area (Å²) < 4.78 is 0. The molecule has 1 aliphatic rings. The average molecular weight is 325 g/mol. The highest BCUT2D eigenvalue weighted by atomic mass is 16.2. The summed E-state index contributed by atoms with van der Waals surface area (Å²) in [4.78, 5) is 30.7. The van der Waals surface area contributed by atoms with E-state index in [2.05, 4.69) is 16.8 Å². The van der Waals surface area contributed by atoms with Crippen molar-refractivity contribution in [1.82, 2.24) is 14.8 Å². The van der Waals surface area contributed by atoms with Crippen LogP contribution < -0.4 is 5.56 Å². The minimum Gasteiger partial charge on any atom is -0.336 e. The number of carbonyl (C=O) groups excluding carboxylic acids is 1. The molecule has 1 N–H and O–H groups in total. The second-order valence-corrected chi connectivity index (χ2v) is 6.43. The fourth-order valence-corrected chi connectivity index (χ4v) is 2.97. The molecule has 1 aliphatic heterocycles. The number of nitrogens with zero attached hydrogens (tertiary/aromatic N) is 2. The first-order chi connectivity index (χ1) is 11.5. The number of pyridine rings is 1. The van der Waals surface area contributed by atoms with Gasteiger partial charge >= 0.3 is 0 Å². The van der Waals surface area contributed by atoms with Gasteiger partial charge in [0.2, 0.25) is 5.56 Å². The lowest BCUT2D eigenvalue weighted by atomic mass is 10.1. The van der Waals surface area contributed by atoms with Crippen molar-refractivity contribution >= 4 is 5.91 Å². The zero-order valence-electron chi connectivity index (χ0n) is 14.2. The Morgan fingerprint density at radius 2 is 1.79 bits per heavy atom. The molecule has 0 atom stereocenters. The van der Waals surface area contributed by atoms with Gasteiger partial charge in [-0.1, -0.05) is 12.1 Å². The van der Waals surface area contributed by atoms with Gasteiger partial charge in [0.15, 0.2) is 0 Å². The maximum absolute atomic E-state index is 12.6. The maximum atomic E-state index is 12.6. The zero-order chi connectivity index (χ0) is 17.1. The molecule has 2 aromatic rings. The number of benzene rings is 1. The molecule has 0 saturated carbocycles. The number of H-pyrrole nitrogens is 1. The molecule has 0 spiro atoms. The third kappa shape index (κ3) is 3.74. The lowest BCUT2D eigenvalue weighted by molar-refractivity contribution is 0.0628. The van der Waals surface area contributed by atoms with E-state index in [9.17, 15) is 9.59 Å². The number of aromatic nitrogens is 1. The first-order valence-electron chi connectivity index (χ1n) is 8.29. The van der Waals surface area contributed by atoms with Gasteiger partial charge in [0.1, 0.15) is 0 Å². The standard InChI is InChI=1S/C19H23N3O2/c1-14-3-5-17(11-15(14)2)19(24)22-9-7-21(8-10-22)13-16-4-6-18(23)20-12-16/h3-6,11-12H,7-10,13H2,1-2H3,(H,20,23). The predicted octanol–water partition coefficient (Wildman–Crippen LogP) is 1.95. The highest BCUT2D eigenvalue weighted by molar-refractivity contribution is 5.94. The molecular weight excluding hydrogens is 302 g/mol. The first kappa shape index (κ1) is 16.5. The summed E-state index contributed by atoms with van der Waals surface area (Å²) >= 11 is 0. The summed E-state index contributed by atoms with van der Waals surface area (Å²) in [5.74, 6) is 0.113. The average Bonchev–Trinajstić information content (AvgIpc) is 2.59. The lowest BCUT2D eigenvalue weighted by Crippen LogP contribution is -2.48. The van der Waals surface area contributed by atoms with E-state index in [0.29, 0.717) is 0 Å². The molecule has 1 aromatic carbocycles. The number of hydrogen-bond donors (Lipinski definition) is 1. The van der Waals surface area contributed by atoms with Crippen molar-refractivity contribution in [1.29, 1.82) is 0 Å². The molecule has 0 aliphatic carbocycles. The van der Waals surface area contributed by atoms with Crippen LogP contribution in [0.5, 0.6) is 0 Å². The highest BCUT2D eigenvalue weighted by Gasteiger charge is 2.22. The summed E-state index contributed by atoms with van der Waals surface area (Å²) in [6.45, 7) is 8.03. The first-order valence-corrected chi connectivity index (χ1v) is 8.29. The fraction of sp³-hybridized carbons (Fsp3) is 0.368. The number of aryl methyl sites for hydroxylation is 2. The van der Waals surface area contributed by atoms with Gasteiger partial charge in [0.05, 0.1) is 0 Å². The van der Waals surface area contributed by atoms with Crippen LogP contribution in [0.1, 0.15) is 27.0 Å². The van der Waals surface area contributed by atoms with E-state index >= 15 is 0 Å². The second kappa shape index (κ2) is 7.01. The number of hydrogen-bond acceptors (Lipinski definition) is 3. The maximum Gasteiger partial charge on any atom is 0.253 e. The predicted molar refractivity (Wildman–Crippen MR) is 94.2 cm³/mol. The fourth-order valence-electron chi connectivity index (χ4n) is 2.97. The number of amides is 1. The largest absolute Gasteiger partial charge is 0.336 e. The normalized spacial score (nSPS) is 15.5. The van der Waals surface area contributed by atoms with Crippen molar-refractivity contribution in [2.24, 2.45) is 0 Å². The van der Waals surface area contributed by atoms with Crippen LogP contribution in [-0.2, 0) is 6.54 Å². The summed E-state index contributed by atoms with van der Waals surface area (Å²) in [5.41, 5.74) is 4.13. The van der Waals surface area contributed by atoms with Crippen LogP contribution in [0, 0.1) is 13.8 Å². The third-order valence-electron chi connectivity index (χ3n) is 4.67. The Morgan fingerprint density at radius 1 is 1.04 bits per heavy atom. The van der Waals surface area contributed by atoms with E-state index in [4.69, 9.17) is 0 Å². The molecule has 1 saturated heterocycles. The van der Waals surface area contributed by atoms with Crippen molar-refractivity contribution < 1.29 is 4.79 Å². The second-order valence-electron chi connectivity index (χ2n) is 6.43. The van der Waals surface area contributed by atoms with Gasteiger partial charge in [-0.25, -0.2) is 0 Å². The van der Waals surface area contributed by atoms with Crippen molar-refractivity contribution in [2.75, 3.05) is 26.2 Å². The van der Waals surface area contributed by atoms with Crippen LogP contribution in [0.25, 0.3) is 0 Å². The Hall–Kier alpha value is -2.40. The van der Waals surface area contributed by atoms with Crippen LogP contribution >= 0.6 is 0 Å². The minimum atomic E-state index is -0.0810. The molecule has 1 fully saturated rings. The van der Waals surface area contributed by atoms with Gasteiger partial charge in [-0.15, -0.1) is 0 Å². The van der Waals surface area contributed by atoms with Gasteiger partial charge < -0.3 is 9.88 Å². The van der Waals surface area contributed by atoms with Crippen LogP contribution in [0.2, 0.25) is 0 Å². The molecule has 5 nitrogen and oxygen atoms in total. The van der Waals surface area contributed by atoms with E-state index in [0.717, 1.165) is 49.4 Å². The number of carbonyl (C=O) groups is 1. The smallest absolute Gasteiger partial charge is 0.253 e. The SMILES string of the molecule is Cc1ccc(C(=O)N2CCN(Cc3ccc(=O)[nH]c3)CC2)cc1C. The van der Waals surface area contributed by atoms with E-state index in [-0.39, 0.29) is 11.5 Å². The minimum absolute atomic E-state index is 0.0810. The molecule has 1 amide bonds.